The van der Waals surface area contributed by atoms with E-state index in [4.69, 9.17) is 5.73 Å². The molecule has 2 N–H and O–H groups in total. The van der Waals surface area contributed by atoms with E-state index in [0.717, 1.165) is 6.54 Å². The maximum atomic E-state index is 6.11. The number of fused-ring (bicyclic) bond motifs is 1. The van der Waals surface area contributed by atoms with Crippen LogP contribution in [0.2, 0.25) is 0 Å². The van der Waals surface area contributed by atoms with Gasteiger partial charge in [0.05, 0.1) is 0 Å². The van der Waals surface area contributed by atoms with Gasteiger partial charge in [0.2, 0.25) is 0 Å². The Hall–Kier alpha value is -1.28. The molecule has 1 aromatic heterocycles. The fourth-order valence-electron chi connectivity index (χ4n) is 1.94. The Balaban J connectivity index is 2.04. The Labute approximate surface area is 83.3 Å². The normalized spacial score (nSPS) is 18.6. The van der Waals surface area contributed by atoms with Crippen LogP contribution in [0.4, 0.5) is 0 Å². The van der Waals surface area contributed by atoms with Crippen molar-refractivity contribution in [2.24, 2.45) is 5.73 Å². The second kappa shape index (κ2) is 2.61. The van der Waals surface area contributed by atoms with Crippen molar-refractivity contribution in [3.8, 4) is 0 Å². The number of aromatic nitrogens is 1. The molecule has 2 aromatic rings. The van der Waals surface area contributed by atoms with Crippen molar-refractivity contribution in [3.05, 3.63) is 36.5 Å². The van der Waals surface area contributed by atoms with E-state index >= 15 is 0 Å². The topological polar surface area (TPSA) is 30.9 Å². The molecule has 1 aliphatic rings. The largest absolute Gasteiger partial charge is 0.346 e. The summed E-state index contributed by atoms with van der Waals surface area (Å²) in [5.74, 6) is 0. The highest BCUT2D eigenvalue weighted by Crippen LogP contribution is 2.34. The standard InChI is InChI=1S/C12H14N2/c13-12(6-7-12)9-14-8-5-10-3-1-2-4-11(10)14/h1-5,8H,6-7,9,13H2. The van der Waals surface area contributed by atoms with E-state index < -0.39 is 0 Å². The van der Waals surface area contributed by atoms with Crippen molar-refractivity contribution in [1.29, 1.82) is 0 Å². The molecule has 0 saturated heterocycles. The minimum atomic E-state index is 0.0851. The molecule has 2 nitrogen and oxygen atoms in total. The van der Waals surface area contributed by atoms with Crippen molar-refractivity contribution in [1.82, 2.24) is 4.57 Å². The maximum absolute atomic E-state index is 6.11. The molecule has 1 heterocycles. The first-order chi connectivity index (χ1) is 6.77. The van der Waals surface area contributed by atoms with E-state index in [1.165, 1.54) is 23.7 Å². The molecular formula is C12H14N2. The summed E-state index contributed by atoms with van der Waals surface area (Å²) in [6, 6.07) is 10.6. The van der Waals surface area contributed by atoms with Crippen molar-refractivity contribution >= 4 is 10.9 Å². The monoisotopic (exact) mass is 186 g/mol. The molecular weight excluding hydrogens is 172 g/mol. The van der Waals surface area contributed by atoms with Gasteiger partial charge in [-0.15, -0.1) is 0 Å². The Morgan fingerprint density at radius 2 is 2.00 bits per heavy atom. The molecule has 2 heteroatoms. The van der Waals surface area contributed by atoms with Gasteiger partial charge in [-0.2, -0.15) is 0 Å². The highest BCUT2D eigenvalue weighted by Gasteiger charge is 2.38. The van der Waals surface area contributed by atoms with Gasteiger partial charge < -0.3 is 10.3 Å². The summed E-state index contributed by atoms with van der Waals surface area (Å²) in [5, 5.41) is 1.30. The lowest BCUT2D eigenvalue weighted by atomic mass is 10.2. The van der Waals surface area contributed by atoms with Gasteiger partial charge in [0.15, 0.2) is 0 Å². The third-order valence-corrected chi connectivity index (χ3v) is 3.06. The van der Waals surface area contributed by atoms with Gasteiger partial charge in [0.1, 0.15) is 0 Å². The van der Waals surface area contributed by atoms with Crippen LogP contribution in [-0.4, -0.2) is 10.1 Å². The van der Waals surface area contributed by atoms with Crippen LogP contribution in [-0.2, 0) is 6.54 Å². The maximum Gasteiger partial charge on any atom is 0.0480 e. The Morgan fingerprint density at radius 1 is 1.21 bits per heavy atom. The average molecular weight is 186 g/mol. The molecule has 1 fully saturated rings. The molecule has 1 aliphatic carbocycles. The predicted molar refractivity (Wildman–Crippen MR) is 58.1 cm³/mol. The van der Waals surface area contributed by atoms with E-state index in [1.807, 2.05) is 0 Å². The fraction of sp³-hybridized carbons (Fsp3) is 0.333. The number of hydrogen-bond acceptors (Lipinski definition) is 1. The summed E-state index contributed by atoms with van der Waals surface area (Å²) in [6.07, 6.45) is 4.47. The zero-order valence-electron chi connectivity index (χ0n) is 8.11. The molecule has 0 bridgehead atoms. The molecule has 0 aliphatic heterocycles. The van der Waals surface area contributed by atoms with E-state index in [-0.39, 0.29) is 5.54 Å². The van der Waals surface area contributed by atoms with Gasteiger partial charge in [-0.3, -0.25) is 0 Å². The van der Waals surface area contributed by atoms with Crippen LogP contribution in [0.15, 0.2) is 36.5 Å². The van der Waals surface area contributed by atoms with Crippen molar-refractivity contribution in [2.45, 2.75) is 24.9 Å². The zero-order chi connectivity index (χ0) is 9.60. The van der Waals surface area contributed by atoms with Crippen molar-refractivity contribution in [2.75, 3.05) is 0 Å². The van der Waals surface area contributed by atoms with Gasteiger partial charge in [-0.05, 0) is 30.4 Å². The molecule has 0 spiro atoms. The predicted octanol–water partition coefficient (Wildman–Crippen LogP) is 2.13. The van der Waals surface area contributed by atoms with Crippen LogP contribution < -0.4 is 5.73 Å². The number of para-hydroxylation sites is 1. The molecule has 0 unspecified atom stereocenters. The SMILES string of the molecule is NC1(Cn2ccc3ccccc32)CC1. The quantitative estimate of drug-likeness (QED) is 0.765. The van der Waals surface area contributed by atoms with Gasteiger partial charge in [0, 0.05) is 23.8 Å². The first kappa shape index (κ1) is 8.06. The van der Waals surface area contributed by atoms with E-state index in [9.17, 15) is 0 Å². The number of rotatable bonds is 2. The average Bonchev–Trinajstić information content (AvgIpc) is 2.77. The van der Waals surface area contributed by atoms with E-state index in [2.05, 4.69) is 41.1 Å². The lowest BCUT2D eigenvalue weighted by molar-refractivity contribution is 0.556. The molecule has 0 radical (unpaired) electrons. The second-order valence-corrected chi connectivity index (χ2v) is 4.36. The van der Waals surface area contributed by atoms with Gasteiger partial charge in [0.25, 0.3) is 0 Å². The van der Waals surface area contributed by atoms with Crippen LogP contribution in [0.1, 0.15) is 12.8 Å². The summed E-state index contributed by atoms with van der Waals surface area (Å²) < 4.78 is 2.27. The smallest absolute Gasteiger partial charge is 0.0480 e. The number of nitrogens with two attached hydrogens (primary N) is 1. The van der Waals surface area contributed by atoms with Gasteiger partial charge in [-0.25, -0.2) is 0 Å². The van der Waals surface area contributed by atoms with Crippen LogP contribution in [0.5, 0.6) is 0 Å². The van der Waals surface area contributed by atoms with E-state index in [1.54, 1.807) is 0 Å². The minimum Gasteiger partial charge on any atom is -0.346 e. The zero-order valence-corrected chi connectivity index (χ0v) is 8.11. The molecule has 0 amide bonds. The molecule has 0 atom stereocenters. The highest BCUT2D eigenvalue weighted by atomic mass is 15.0. The first-order valence-electron chi connectivity index (χ1n) is 5.10. The van der Waals surface area contributed by atoms with Gasteiger partial charge >= 0.3 is 0 Å². The van der Waals surface area contributed by atoms with Crippen LogP contribution in [0, 0.1) is 0 Å². The molecule has 72 valence electrons. The Morgan fingerprint density at radius 3 is 2.79 bits per heavy atom. The lowest BCUT2D eigenvalue weighted by Crippen LogP contribution is -2.27. The van der Waals surface area contributed by atoms with Crippen LogP contribution in [0.3, 0.4) is 0 Å². The third kappa shape index (κ3) is 1.23. The van der Waals surface area contributed by atoms with Crippen molar-refractivity contribution in [3.63, 3.8) is 0 Å². The lowest BCUT2D eigenvalue weighted by Gasteiger charge is -2.10. The minimum absolute atomic E-state index is 0.0851. The first-order valence-corrected chi connectivity index (χ1v) is 5.10. The third-order valence-electron chi connectivity index (χ3n) is 3.06. The fourth-order valence-corrected chi connectivity index (χ4v) is 1.94. The summed E-state index contributed by atoms with van der Waals surface area (Å²) in [4.78, 5) is 0. The molecule has 1 saturated carbocycles. The van der Waals surface area contributed by atoms with Crippen LogP contribution in [0.25, 0.3) is 10.9 Å². The molecule has 14 heavy (non-hydrogen) atoms. The number of benzene rings is 1. The number of nitrogens with zero attached hydrogens (tertiary/aromatic N) is 1. The van der Waals surface area contributed by atoms with E-state index in [0.29, 0.717) is 0 Å². The van der Waals surface area contributed by atoms with Crippen LogP contribution >= 0.6 is 0 Å². The summed E-state index contributed by atoms with van der Waals surface area (Å²) in [5.41, 5.74) is 7.49. The summed E-state index contributed by atoms with van der Waals surface area (Å²) in [6.45, 7) is 0.959. The summed E-state index contributed by atoms with van der Waals surface area (Å²) in [7, 11) is 0. The molecule has 1 aromatic carbocycles. The summed E-state index contributed by atoms with van der Waals surface area (Å²) >= 11 is 0. The highest BCUT2D eigenvalue weighted by molar-refractivity contribution is 5.79. The number of hydrogen-bond donors (Lipinski definition) is 1. The van der Waals surface area contributed by atoms with Gasteiger partial charge in [-0.1, -0.05) is 18.2 Å². The Kier molecular flexibility index (Phi) is 1.50. The molecule has 3 rings (SSSR count). The van der Waals surface area contributed by atoms with Crippen molar-refractivity contribution < 1.29 is 0 Å². The second-order valence-electron chi connectivity index (χ2n) is 4.36. The Bertz CT molecular complexity index is 466.